The van der Waals surface area contributed by atoms with Gasteiger partial charge in [-0.25, -0.2) is 0 Å². The molecule has 1 heterocycles. The molecule has 1 aliphatic heterocycles. The van der Waals surface area contributed by atoms with Gasteiger partial charge in [0.1, 0.15) is 0 Å². The molecule has 2 amide bonds. The lowest BCUT2D eigenvalue weighted by molar-refractivity contribution is -0.134. The van der Waals surface area contributed by atoms with Gasteiger partial charge >= 0.3 is 0 Å². The minimum absolute atomic E-state index is 0. The van der Waals surface area contributed by atoms with E-state index in [1.165, 1.54) is 0 Å². The number of benzene rings is 1. The van der Waals surface area contributed by atoms with Gasteiger partial charge in [0.25, 0.3) is 0 Å². The molecular weight excluding hydrogens is 350 g/mol. The Hall–Kier alpha value is -1.59. The summed E-state index contributed by atoms with van der Waals surface area (Å²) in [6.45, 7) is 6.10. The van der Waals surface area contributed by atoms with Crippen molar-refractivity contribution in [1.82, 2.24) is 15.5 Å². The first-order chi connectivity index (χ1) is 12.1. The highest BCUT2D eigenvalue weighted by atomic mass is 35.5. The Morgan fingerprint density at radius 1 is 1.19 bits per heavy atom. The van der Waals surface area contributed by atoms with Crippen molar-refractivity contribution in [3.8, 4) is 0 Å². The van der Waals surface area contributed by atoms with Crippen LogP contribution in [-0.2, 0) is 9.59 Å². The number of amides is 2. The minimum Gasteiger partial charge on any atom is -0.353 e. The van der Waals surface area contributed by atoms with E-state index in [0.29, 0.717) is 19.6 Å². The molecule has 1 aromatic carbocycles. The first-order valence-corrected chi connectivity index (χ1v) is 9.35. The third-order valence-electron chi connectivity index (χ3n) is 5.02. The zero-order valence-electron chi connectivity index (χ0n) is 16.0. The van der Waals surface area contributed by atoms with Crippen molar-refractivity contribution in [2.75, 3.05) is 26.7 Å². The zero-order valence-corrected chi connectivity index (χ0v) is 16.8. The average Bonchev–Trinajstić information content (AvgIpc) is 2.64. The molecule has 146 valence electrons. The molecule has 2 atom stereocenters. The van der Waals surface area contributed by atoms with E-state index in [0.717, 1.165) is 24.8 Å². The Morgan fingerprint density at radius 2 is 1.81 bits per heavy atom. The fourth-order valence-electron chi connectivity index (χ4n) is 3.45. The quantitative estimate of drug-likeness (QED) is 0.763. The maximum absolute atomic E-state index is 12.9. The van der Waals surface area contributed by atoms with E-state index in [1.54, 1.807) is 0 Å². The Balaban J connectivity index is 0.00000338. The third-order valence-corrected chi connectivity index (χ3v) is 5.02. The van der Waals surface area contributed by atoms with E-state index < -0.39 is 0 Å². The van der Waals surface area contributed by atoms with Crippen molar-refractivity contribution in [2.24, 2.45) is 5.92 Å². The second kappa shape index (κ2) is 11.2. The number of nitrogens with one attached hydrogen (secondary N) is 2. The Morgan fingerprint density at radius 3 is 2.35 bits per heavy atom. The molecule has 0 saturated carbocycles. The molecule has 1 aliphatic rings. The number of hydrogen-bond acceptors (Lipinski definition) is 3. The fourth-order valence-corrected chi connectivity index (χ4v) is 3.45. The molecule has 2 unspecified atom stereocenters. The first-order valence-electron chi connectivity index (χ1n) is 9.35. The number of carbonyl (C=O) groups excluding carboxylic acids is 2. The van der Waals surface area contributed by atoms with Crippen molar-refractivity contribution in [2.45, 2.75) is 45.1 Å². The van der Waals surface area contributed by atoms with E-state index in [-0.39, 0.29) is 42.1 Å². The van der Waals surface area contributed by atoms with Crippen LogP contribution in [0.25, 0.3) is 0 Å². The van der Waals surface area contributed by atoms with Crippen LogP contribution in [-0.4, -0.2) is 49.4 Å². The van der Waals surface area contributed by atoms with E-state index in [4.69, 9.17) is 0 Å². The summed E-state index contributed by atoms with van der Waals surface area (Å²) >= 11 is 0. The van der Waals surface area contributed by atoms with Gasteiger partial charge in [-0.3, -0.25) is 9.59 Å². The number of rotatable bonds is 7. The molecule has 0 radical (unpaired) electrons. The molecule has 1 aromatic rings. The predicted octanol–water partition coefficient (Wildman–Crippen LogP) is 2.56. The van der Waals surface area contributed by atoms with Crippen molar-refractivity contribution < 1.29 is 9.59 Å². The maximum atomic E-state index is 12.9. The first kappa shape index (κ1) is 22.5. The lowest BCUT2D eigenvalue weighted by Crippen LogP contribution is -2.49. The van der Waals surface area contributed by atoms with Crippen LogP contribution in [0.2, 0.25) is 0 Å². The van der Waals surface area contributed by atoms with Crippen molar-refractivity contribution >= 4 is 24.2 Å². The number of carbonyl (C=O) groups is 2. The molecule has 1 saturated heterocycles. The Labute approximate surface area is 163 Å². The van der Waals surface area contributed by atoms with E-state index in [9.17, 15) is 9.59 Å². The minimum atomic E-state index is -0.0667. The SMILES string of the molecule is CCC(C(=O)N1CCC(NC(=O)C(C)CNC)CC1)c1ccccc1.Cl. The monoisotopic (exact) mass is 381 g/mol. The Kier molecular flexibility index (Phi) is 9.66. The smallest absolute Gasteiger partial charge is 0.230 e. The van der Waals surface area contributed by atoms with Gasteiger partial charge < -0.3 is 15.5 Å². The lowest BCUT2D eigenvalue weighted by atomic mass is 9.93. The van der Waals surface area contributed by atoms with Gasteiger partial charge in [0.05, 0.1) is 5.92 Å². The molecule has 2 rings (SSSR count). The van der Waals surface area contributed by atoms with E-state index in [1.807, 2.05) is 49.2 Å². The van der Waals surface area contributed by atoms with Gasteiger partial charge in [-0.15, -0.1) is 12.4 Å². The number of hydrogen-bond donors (Lipinski definition) is 2. The van der Waals surface area contributed by atoms with Gasteiger partial charge in [0.2, 0.25) is 11.8 Å². The summed E-state index contributed by atoms with van der Waals surface area (Å²) in [5, 5.41) is 6.15. The maximum Gasteiger partial charge on any atom is 0.230 e. The van der Waals surface area contributed by atoms with Gasteiger partial charge in [-0.2, -0.15) is 0 Å². The summed E-state index contributed by atoms with van der Waals surface area (Å²) < 4.78 is 0. The second-order valence-corrected chi connectivity index (χ2v) is 6.94. The van der Waals surface area contributed by atoms with Crippen LogP contribution >= 0.6 is 12.4 Å². The molecule has 0 aliphatic carbocycles. The third kappa shape index (κ3) is 5.99. The summed E-state index contributed by atoms with van der Waals surface area (Å²) in [6.07, 6.45) is 2.46. The molecule has 26 heavy (non-hydrogen) atoms. The molecule has 6 heteroatoms. The largest absolute Gasteiger partial charge is 0.353 e. The highest BCUT2D eigenvalue weighted by Gasteiger charge is 2.29. The molecule has 0 aromatic heterocycles. The summed E-state index contributed by atoms with van der Waals surface area (Å²) in [5.41, 5.74) is 1.09. The van der Waals surface area contributed by atoms with E-state index >= 15 is 0 Å². The highest BCUT2D eigenvalue weighted by Crippen LogP contribution is 2.24. The number of nitrogens with zero attached hydrogens (tertiary/aromatic N) is 1. The summed E-state index contributed by atoms with van der Waals surface area (Å²) in [5.74, 6) is 0.201. The Bertz CT molecular complexity index is 559. The van der Waals surface area contributed by atoms with Gasteiger partial charge in [0.15, 0.2) is 0 Å². The van der Waals surface area contributed by atoms with Crippen molar-refractivity contribution in [3.05, 3.63) is 35.9 Å². The normalized spacial score (nSPS) is 17.1. The van der Waals surface area contributed by atoms with Crippen LogP contribution in [0.5, 0.6) is 0 Å². The molecule has 2 N–H and O–H groups in total. The summed E-state index contributed by atoms with van der Waals surface area (Å²) in [4.78, 5) is 27.0. The second-order valence-electron chi connectivity index (χ2n) is 6.94. The molecule has 5 nitrogen and oxygen atoms in total. The molecule has 1 fully saturated rings. The van der Waals surface area contributed by atoms with Crippen LogP contribution in [0.4, 0.5) is 0 Å². The topological polar surface area (TPSA) is 61.4 Å². The van der Waals surface area contributed by atoms with Crippen LogP contribution in [0, 0.1) is 5.92 Å². The van der Waals surface area contributed by atoms with Crippen LogP contribution < -0.4 is 10.6 Å². The summed E-state index contributed by atoms with van der Waals surface area (Å²) in [6, 6.07) is 10.2. The number of piperidine rings is 1. The van der Waals surface area contributed by atoms with Crippen LogP contribution in [0.15, 0.2) is 30.3 Å². The number of halogens is 1. The average molecular weight is 382 g/mol. The molecule has 0 bridgehead atoms. The molecule has 0 spiro atoms. The van der Waals surface area contributed by atoms with Crippen LogP contribution in [0.1, 0.15) is 44.6 Å². The van der Waals surface area contributed by atoms with Crippen molar-refractivity contribution in [3.63, 3.8) is 0 Å². The molecular formula is C20H32ClN3O2. The van der Waals surface area contributed by atoms with Gasteiger partial charge in [0, 0.05) is 31.6 Å². The van der Waals surface area contributed by atoms with Gasteiger partial charge in [-0.05, 0) is 31.9 Å². The predicted molar refractivity (Wildman–Crippen MR) is 108 cm³/mol. The standard InChI is InChI=1S/C20H31N3O2.ClH/c1-4-18(16-8-6-5-7-9-16)20(25)23-12-10-17(11-13-23)22-19(24)15(2)14-21-3;/h5-9,15,17-18,21H,4,10-14H2,1-3H3,(H,22,24);1H. The van der Waals surface area contributed by atoms with Crippen LogP contribution in [0.3, 0.4) is 0 Å². The number of likely N-dealkylation sites (tertiary alicyclic amines) is 1. The fraction of sp³-hybridized carbons (Fsp3) is 0.600. The van der Waals surface area contributed by atoms with Crippen molar-refractivity contribution in [1.29, 1.82) is 0 Å². The lowest BCUT2D eigenvalue weighted by Gasteiger charge is -2.35. The summed E-state index contributed by atoms with van der Waals surface area (Å²) in [7, 11) is 1.85. The highest BCUT2D eigenvalue weighted by molar-refractivity contribution is 5.85. The zero-order chi connectivity index (χ0) is 18.2. The van der Waals surface area contributed by atoms with E-state index in [2.05, 4.69) is 17.6 Å². The van der Waals surface area contributed by atoms with Gasteiger partial charge in [-0.1, -0.05) is 44.2 Å².